The molecule has 29 heavy (non-hydrogen) atoms. The van der Waals surface area contributed by atoms with Crippen molar-refractivity contribution in [2.24, 2.45) is 11.7 Å². The number of primary amides is 1. The Balaban J connectivity index is 2.01. The van der Waals surface area contributed by atoms with Crippen molar-refractivity contribution in [1.29, 1.82) is 0 Å². The van der Waals surface area contributed by atoms with Gasteiger partial charge in [0, 0.05) is 23.4 Å². The van der Waals surface area contributed by atoms with E-state index < -0.39 is 5.91 Å². The molecule has 5 N–H and O–H groups in total. The summed E-state index contributed by atoms with van der Waals surface area (Å²) < 4.78 is 1.66. The van der Waals surface area contributed by atoms with Gasteiger partial charge in [-0.3, -0.25) is 14.3 Å². The Bertz CT molecular complexity index is 1210. The normalized spacial score (nSPS) is 16.9. The molecule has 1 aliphatic carbocycles. The predicted molar refractivity (Wildman–Crippen MR) is 112 cm³/mol. The first-order valence-corrected chi connectivity index (χ1v) is 9.36. The number of aromatic nitrogens is 4. The van der Waals surface area contributed by atoms with E-state index >= 15 is 0 Å². The molecule has 3 aromatic heterocycles. The van der Waals surface area contributed by atoms with Crippen molar-refractivity contribution in [3.05, 3.63) is 52.5 Å². The summed E-state index contributed by atoms with van der Waals surface area (Å²) in [6.07, 6.45) is 5.45. The number of aliphatic hydroxyl groups excluding tert-OH is 1. The van der Waals surface area contributed by atoms with Crippen LogP contribution in [0.25, 0.3) is 28.2 Å². The molecule has 1 aliphatic rings. The number of allylic oxidation sites excluding steroid dienone is 3. The molecule has 3 aromatic rings. The number of hydrogen-bond acceptors (Lipinski definition) is 6. The maximum atomic E-state index is 12.2. The van der Waals surface area contributed by atoms with Crippen molar-refractivity contribution in [1.82, 2.24) is 19.5 Å². The van der Waals surface area contributed by atoms with Gasteiger partial charge in [0.1, 0.15) is 28.4 Å². The second-order valence-electron chi connectivity index (χ2n) is 6.99. The zero-order valence-corrected chi connectivity index (χ0v) is 16.6. The van der Waals surface area contributed by atoms with E-state index in [1.54, 1.807) is 35.9 Å². The van der Waals surface area contributed by atoms with Crippen LogP contribution in [0.4, 0.5) is 5.82 Å². The first-order valence-electron chi connectivity index (χ1n) is 8.98. The van der Waals surface area contributed by atoms with E-state index in [1.807, 2.05) is 6.92 Å². The van der Waals surface area contributed by atoms with Gasteiger partial charge in [-0.05, 0) is 31.6 Å². The summed E-state index contributed by atoms with van der Waals surface area (Å²) in [6, 6.07) is 3.40. The standard InChI is InChI=1S/C20H19ClN6O2/c1-9-3-6-14(28)10(2)17(9)27-18(22)15(19(23)29)16-20(27)25-8-13(26-16)12-5-4-11(21)7-24-12/h4-9,28H,3,22H2,1-2H3,(H2,23,29). The van der Waals surface area contributed by atoms with Crippen LogP contribution >= 0.6 is 11.6 Å². The summed E-state index contributed by atoms with van der Waals surface area (Å²) >= 11 is 5.90. The van der Waals surface area contributed by atoms with E-state index in [2.05, 4.69) is 15.0 Å². The van der Waals surface area contributed by atoms with Crippen LogP contribution in [-0.2, 0) is 0 Å². The van der Waals surface area contributed by atoms with Gasteiger partial charge in [0.2, 0.25) is 0 Å². The maximum absolute atomic E-state index is 12.2. The molecular weight excluding hydrogens is 392 g/mol. The van der Waals surface area contributed by atoms with Gasteiger partial charge in [-0.25, -0.2) is 9.97 Å². The number of aliphatic hydroxyl groups is 1. The van der Waals surface area contributed by atoms with Gasteiger partial charge in [-0.15, -0.1) is 0 Å². The number of carbonyl (C=O) groups excluding carboxylic acids is 1. The van der Waals surface area contributed by atoms with Crippen LogP contribution in [0.3, 0.4) is 0 Å². The maximum Gasteiger partial charge on any atom is 0.254 e. The number of halogens is 1. The Morgan fingerprint density at radius 3 is 2.69 bits per heavy atom. The van der Waals surface area contributed by atoms with Crippen LogP contribution in [0.1, 0.15) is 30.6 Å². The molecule has 0 saturated heterocycles. The Hall–Kier alpha value is -3.39. The Morgan fingerprint density at radius 2 is 2.03 bits per heavy atom. The third-order valence-electron chi connectivity index (χ3n) is 5.08. The van der Waals surface area contributed by atoms with E-state index in [9.17, 15) is 9.90 Å². The third kappa shape index (κ3) is 3.01. The smallest absolute Gasteiger partial charge is 0.254 e. The number of rotatable bonds is 3. The van der Waals surface area contributed by atoms with E-state index in [0.717, 1.165) is 5.70 Å². The molecule has 0 aromatic carbocycles. The van der Waals surface area contributed by atoms with Gasteiger partial charge >= 0.3 is 0 Å². The number of anilines is 1. The first kappa shape index (κ1) is 18.9. The fourth-order valence-corrected chi connectivity index (χ4v) is 3.75. The number of nitrogen functional groups attached to an aromatic ring is 1. The van der Waals surface area contributed by atoms with Crippen LogP contribution in [0.15, 0.2) is 41.9 Å². The summed E-state index contributed by atoms with van der Waals surface area (Å²) in [7, 11) is 0. The molecule has 0 saturated carbocycles. The van der Waals surface area contributed by atoms with Crippen molar-refractivity contribution in [2.75, 3.05) is 5.73 Å². The van der Waals surface area contributed by atoms with Crippen LogP contribution in [0.5, 0.6) is 0 Å². The average molecular weight is 411 g/mol. The SMILES string of the molecule is CC1=C(n2c(N)c(C(N)=O)c3nc(-c4ccc(Cl)cn4)cnc32)C(C)CC=C1O. The topological polar surface area (TPSA) is 133 Å². The molecule has 0 radical (unpaired) electrons. The summed E-state index contributed by atoms with van der Waals surface area (Å²) in [4.78, 5) is 25.5. The quantitative estimate of drug-likeness (QED) is 0.604. The minimum Gasteiger partial charge on any atom is -0.508 e. The second kappa shape index (κ2) is 6.89. The third-order valence-corrected chi connectivity index (χ3v) is 5.30. The predicted octanol–water partition coefficient (Wildman–Crippen LogP) is 3.54. The fraction of sp³-hybridized carbons (Fsp3) is 0.200. The average Bonchev–Trinajstić information content (AvgIpc) is 2.97. The lowest BCUT2D eigenvalue weighted by Gasteiger charge is -2.24. The van der Waals surface area contributed by atoms with Crippen molar-refractivity contribution in [3.8, 4) is 11.4 Å². The van der Waals surface area contributed by atoms with Crippen molar-refractivity contribution >= 4 is 40.2 Å². The number of carbonyl (C=O) groups is 1. The lowest BCUT2D eigenvalue weighted by Crippen LogP contribution is -2.17. The number of nitrogens with two attached hydrogens (primary N) is 2. The molecule has 8 nitrogen and oxygen atoms in total. The van der Waals surface area contributed by atoms with Gasteiger partial charge in [0.25, 0.3) is 5.91 Å². The summed E-state index contributed by atoms with van der Waals surface area (Å²) in [5.41, 5.74) is 15.1. The summed E-state index contributed by atoms with van der Waals surface area (Å²) in [5.74, 6) is -0.341. The lowest BCUT2D eigenvalue weighted by molar-refractivity contribution is 0.100. The van der Waals surface area contributed by atoms with Gasteiger partial charge in [0.15, 0.2) is 5.65 Å². The van der Waals surface area contributed by atoms with Gasteiger partial charge < -0.3 is 16.6 Å². The van der Waals surface area contributed by atoms with Crippen LogP contribution in [-0.4, -0.2) is 30.5 Å². The highest BCUT2D eigenvalue weighted by Crippen LogP contribution is 2.38. The highest BCUT2D eigenvalue weighted by molar-refractivity contribution is 6.30. The second-order valence-corrected chi connectivity index (χ2v) is 7.42. The minimum atomic E-state index is -0.705. The van der Waals surface area contributed by atoms with E-state index in [0.29, 0.717) is 34.1 Å². The molecule has 0 spiro atoms. The highest BCUT2D eigenvalue weighted by atomic mass is 35.5. The van der Waals surface area contributed by atoms with Crippen molar-refractivity contribution in [2.45, 2.75) is 20.3 Å². The Labute approximate surface area is 171 Å². The van der Waals surface area contributed by atoms with E-state index in [4.69, 9.17) is 23.1 Å². The molecule has 148 valence electrons. The van der Waals surface area contributed by atoms with Gasteiger partial charge in [-0.2, -0.15) is 0 Å². The van der Waals surface area contributed by atoms with Crippen molar-refractivity contribution in [3.63, 3.8) is 0 Å². The molecule has 1 unspecified atom stereocenters. The molecule has 1 atom stereocenters. The number of amides is 1. The number of fused-ring (bicyclic) bond motifs is 1. The Morgan fingerprint density at radius 1 is 1.28 bits per heavy atom. The molecule has 1 amide bonds. The summed E-state index contributed by atoms with van der Waals surface area (Å²) in [5, 5.41) is 10.7. The van der Waals surface area contributed by atoms with E-state index in [-0.39, 0.29) is 28.6 Å². The highest BCUT2D eigenvalue weighted by Gasteiger charge is 2.29. The molecule has 0 bridgehead atoms. The van der Waals surface area contributed by atoms with Crippen LogP contribution < -0.4 is 11.5 Å². The van der Waals surface area contributed by atoms with E-state index in [1.165, 1.54) is 6.20 Å². The number of pyridine rings is 1. The molecule has 0 fully saturated rings. The monoisotopic (exact) mass is 410 g/mol. The molecule has 0 aliphatic heterocycles. The molecule has 4 rings (SSSR count). The number of hydrogen-bond donors (Lipinski definition) is 3. The molecule has 3 heterocycles. The van der Waals surface area contributed by atoms with Crippen LogP contribution in [0, 0.1) is 5.92 Å². The zero-order valence-electron chi connectivity index (χ0n) is 15.8. The fourth-order valence-electron chi connectivity index (χ4n) is 3.64. The van der Waals surface area contributed by atoms with Gasteiger partial charge in [0.05, 0.1) is 16.9 Å². The van der Waals surface area contributed by atoms with Crippen molar-refractivity contribution < 1.29 is 9.90 Å². The molecule has 9 heteroatoms. The largest absolute Gasteiger partial charge is 0.508 e. The number of nitrogens with zero attached hydrogens (tertiary/aromatic N) is 4. The molecular formula is C20H19ClN6O2. The zero-order chi connectivity index (χ0) is 20.9. The minimum absolute atomic E-state index is 0.0453. The first-order chi connectivity index (χ1) is 13.8. The summed E-state index contributed by atoms with van der Waals surface area (Å²) in [6.45, 7) is 3.81. The van der Waals surface area contributed by atoms with Gasteiger partial charge in [-0.1, -0.05) is 18.5 Å². The Kier molecular flexibility index (Phi) is 4.50. The van der Waals surface area contributed by atoms with Crippen LogP contribution in [0.2, 0.25) is 5.02 Å². The lowest BCUT2D eigenvalue weighted by atomic mass is 9.93.